The normalized spacial score (nSPS) is 15.0. The van der Waals surface area contributed by atoms with E-state index in [2.05, 4.69) is 4.90 Å². The number of hydrogen-bond donors (Lipinski definition) is 0. The summed E-state index contributed by atoms with van der Waals surface area (Å²) in [6.45, 7) is 3.18. The van der Waals surface area contributed by atoms with E-state index in [0.717, 1.165) is 5.56 Å². The second-order valence-corrected chi connectivity index (χ2v) is 7.46. The second kappa shape index (κ2) is 8.44. The first-order valence-corrected chi connectivity index (χ1v) is 9.38. The topological polar surface area (TPSA) is 66.7 Å². The molecule has 1 heterocycles. The van der Waals surface area contributed by atoms with Crippen molar-refractivity contribution in [1.82, 2.24) is 9.80 Å². The van der Waals surface area contributed by atoms with Crippen molar-refractivity contribution in [3.63, 3.8) is 0 Å². The van der Waals surface area contributed by atoms with E-state index in [1.54, 1.807) is 11.0 Å². The molecule has 1 fully saturated rings. The minimum absolute atomic E-state index is 0.0167. The summed E-state index contributed by atoms with van der Waals surface area (Å²) in [7, 11) is 0. The largest absolute Gasteiger partial charge is 0.336 e. The van der Waals surface area contributed by atoms with E-state index in [1.165, 1.54) is 18.2 Å². The van der Waals surface area contributed by atoms with E-state index in [1.807, 2.05) is 12.1 Å². The molecule has 1 aliphatic rings. The van der Waals surface area contributed by atoms with E-state index < -0.39 is 4.92 Å². The van der Waals surface area contributed by atoms with Crippen molar-refractivity contribution in [3.05, 3.63) is 72.7 Å². The molecule has 0 atom stereocenters. The number of nitrogens with zero attached hydrogens (tertiary/aromatic N) is 3. The predicted octanol–water partition coefficient (Wildman–Crippen LogP) is 4.51. The van der Waals surface area contributed by atoms with E-state index in [9.17, 15) is 14.9 Å². The van der Waals surface area contributed by atoms with Crippen LogP contribution in [0.15, 0.2) is 36.4 Å². The monoisotopic (exact) mass is 427 g/mol. The summed E-state index contributed by atoms with van der Waals surface area (Å²) < 4.78 is 0. The zero-order chi connectivity index (χ0) is 19.6. The number of nitro groups is 1. The summed E-state index contributed by atoms with van der Waals surface area (Å²) in [4.78, 5) is 27.0. The zero-order valence-electron chi connectivity index (χ0n) is 14.2. The summed E-state index contributed by atoms with van der Waals surface area (Å²) in [6.07, 6.45) is 0. The van der Waals surface area contributed by atoms with Crippen molar-refractivity contribution in [2.24, 2.45) is 0 Å². The highest BCUT2D eigenvalue weighted by Crippen LogP contribution is 2.26. The van der Waals surface area contributed by atoms with Crippen LogP contribution in [0.25, 0.3) is 0 Å². The molecular formula is C18H16Cl3N3O3. The Morgan fingerprint density at radius 2 is 1.63 bits per heavy atom. The Morgan fingerprint density at radius 3 is 2.26 bits per heavy atom. The minimum Gasteiger partial charge on any atom is -0.336 e. The van der Waals surface area contributed by atoms with Gasteiger partial charge in [0.25, 0.3) is 11.6 Å². The third-order valence-corrected chi connectivity index (χ3v) is 5.50. The molecule has 142 valence electrons. The fraction of sp³-hybridized carbons (Fsp3) is 0.278. The molecule has 0 aliphatic carbocycles. The van der Waals surface area contributed by atoms with Gasteiger partial charge in [-0.15, -0.1) is 0 Å². The van der Waals surface area contributed by atoms with Gasteiger partial charge in [0.05, 0.1) is 15.0 Å². The van der Waals surface area contributed by atoms with Crippen LogP contribution in [0.5, 0.6) is 0 Å². The van der Waals surface area contributed by atoms with Crippen LogP contribution < -0.4 is 0 Å². The first kappa shape index (κ1) is 19.9. The molecule has 0 unspecified atom stereocenters. The molecular weight excluding hydrogens is 413 g/mol. The molecule has 2 aromatic carbocycles. The van der Waals surface area contributed by atoms with E-state index in [-0.39, 0.29) is 22.2 Å². The predicted molar refractivity (Wildman–Crippen MR) is 106 cm³/mol. The van der Waals surface area contributed by atoms with E-state index in [4.69, 9.17) is 34.8 Å². The maximum Gasteiger partial charge on any atom is 0.288 e. The summed E-state index contributed by atoms with van der Waals surface area (Å²) >= 11 is 17.8. The Morgan fingerprint density at radius 1 is 0.963 bits per heavy atom. The number of piperazine rings is 1. The van der Waals surface area contributed by atoms with Crippen LogP contribution >= 0.6 is 34.8 Å². The van der Waals surface area contributed by atoms with Crippen molar-refractivity contribution in [2.45, 2.75) is 6.54 Å². The van der Waals surface area contributed by atoms with Crippen molar-refractivity contribution < 1.29 is 9.72 Å². The zero-order valence-corrected chi connectivity index (χ0v) is 16.5. The number of benzene rings is 2. The first-order valence-electron chi connectivity index (χ1n) is 8.24. The van der Waals surface area contributed by atoms with Crippen molar-refractivity contribution in [1.29, 1.82) is 0 Å². The second-order valence-electron chi connectivity index (χ2n) is 6.24. The standard InChI is InChI=1S/C18H16Cl3N3O3/c19-14-3-1-12(9-16(14)21)11-22-5-7-23(8-6-22)18(25)13-2-4-15(20)17(10-13)24(26)27/h1-4,9-10H,5-8,11H2. The van der Waals surface area contributed by atoms with Crippen LogP contribution in [0.4, 0.5) is 5.69 Å². The Balaban J connectivity index is 1.61. The molecule has 27 heavy (non-hydrogen) atoms. The molecule has 0 radical (unpaired) electrons. The molecule has 0 N–H and O–H groups in total. The smallest absolute Gasteiger partial charge is 0.288 e. The summed E-state index contributed by atoms with van der Waals surface area (Å²) in [5.41, 5.74) is 1.06. The Hall–Kier alpha value is -1.86. The molecule has 0 bridgehead atoms. The molecule has 9 heteroatoms. The quantitative estimate of drug-likeness (QED) is 0.531. The average Bonchev–Trinajstić information content (AvgIpc) is 2.65. The molecule has 0 saturated carbocycles. The fourth-order valence-electron chi connectivity index (χ4n) is 2.97. The third-order valence-electron chi connectivity index (χ3n) is 4.44. The van der Waals surface area contributed by atoms with Gasteiger partial charge in [0.1, 0.15) is 5.02 Å². The maximum atomic E-state index is 12.6. The lowest BCUT2D eigenvalue weighted by Crippen LogP contribution is -2.48. The lowest BCUT2D eigenvalue weighted by atomic mass is 10.1. The van der Waals surface area contributed by atoms with E-state index >= 15 is 0 Å². The lowest BCUT2D eigenvalue weighted by Gasteiger charge is -2.34. The Kier molecular flexibility index (Phi) is 6.22. The van der Waals surface area contributed by atoms with Crippen LogP contribution in [-0.4, -0.2) is 46.8 Å². The van der Waals surface area contributed by atoms with Gasteiger partial charge in [-0.3, -0.25) is 19.8 Å². The van der Waals surface area contributed by atoms with Crippen LogP contribution in [0.2, 0.25) is 15.1 Å². The number of halogens is 3. The van der Waals surface area contributed by atoms with Crippen LogP contribution in [0.3, 0.4) is 0 Å². The molecule has 1 amide bonds. The number of rotatable bonds is 4. The highest BCUT2D eigenvalue weighted by atomic mass is 35.5. The summed E-state index contributed by atoms with van der Waals surface area (Å²) in [5, 5.41) is 12.1. The number of carbonyl (C=O) groups is 1. The maximum absolute atomic E-state index is 12.6. The van der Waals surface area contributed by atoms with Crippen molar-refractivity contribution >= 4 is 46.4 Å². The number of nitro benzene ring substituents is 1. The Bertz CT molecular complexity index is 883. The average molecular weight is 429 g/mol. The Labute approximate surface area is 171 Å². The van der Waals surface area contributed by atoms with Gasteiger partial charge in [0, 0.05) is 44.4 Å². The van der Waals surface area contributed by atoms with Gasteiger partial charge in [0.2, 0.25) is 0 Å². The van der Waals surface area contributed by atoms with Crippen LogP contribution in [-0.2, 0) is 6.54 Å². The fourth-order valence-corrected chi connectivity index (χ4v) is 3.48. The van der Waals surface area contributed by atoms with Crippen molar-refractivity contribution in [2.75, 3.05) is 26.2 Å². The molecule has 0 spiro atoms. The molecule has 1 saturated heterocycles. The van der Waals surface area contributed by atoms with Crippen LogP contribution in [0, 0.1) is 10.1 Å². The molecule has 2 aromatic rings. The molecule has 3 rings (SSSR count). The van der Waals surface area contributed by atoms with Gasteiger partial charge in [-0.2, -0.15) is 0 Å². The lowest BCUT2D eigenvalue weighted by molar-refractivity contribution is -0.384. The number of hydrogen-bond acceptors (Lipinski definition) is 4. The van der Waals surface area contributed by atoms with Gasteiger partial charge >= 0.3 is 0 Å². The minimum atomic E-state index is -0.589. The summed E-state index contributed by atoms with van der Waals surface area (Å²) in [6, 6.07) is 9.67. The number of amides is 1. The van der Waals surface area contributed by atoms with E-state index in [0.29, 0.717) is 42.8 Å². The van der Waals surface area contributed by atoms with Gasteiger partial charge < -0.3 is 4.90 Å². The molecule has 6 nitrogen and oxygen atoms in total. The highest BCUT2D eigenvalue weighted by molar-refractivity contribution is 6.42. The van der Waals surface area contributed by atoms with Gasteiger partial charge in [-0.05, 0) is 29.8 Å². The van der Waals surface area contributed by atoms with Crippen molar-refractivity contribution in [3.8, 4) is 0 Å². The molecule has 1 aliphatic heterocycles. The SMILES string of the molecule is O=C(c1ccc(Cl)c([N+](=O)[O-])c1)N1CCN(Cc2ccc(Cl)c(Cl)c2)CC1. The number of carbonyl (C=O) groups excluding carboxylic acids is 1. The first-order chi connectivity index (χ1) is 12.8. The summed E-state index contributed by atoms with van der Waals surface area (Å²) in [5.74, 6) is -0.232. The molecule has 0 aromatic heterocycles. The van der Waals surface area contributed by atoms with Gasteiger partial charge in [-0.1, -0.05) is 40.9 Å². The third kappa shape index (κ3) is 4.71. The van der Waals surface area contributed by atoms with Gasteiger partial charge in [-0.25, -0.2) is 0 Å². The van der Waals surface area contributed by atoms with Crippen LogP contribution in [0.1, 0.15) is 15.9 Å². The van der Waals surface area contributed by atoms with Gasteiger partial charge in [0.15, 0.2) is 0 Å². The highest BCUT2D eigenvalue weighted by Gasteiger charge is 2.24.